The van der Waals surface area contributed by atoms with E-state index in [2.05, 4.69) is 0 Å². The Morgan fingerprint density at radius 1 is 0.964 bits per heavy atom. The van der Waals surface area contributed by atoms with Crippen LogP contribution >= 0.6 is 0 Å². The molecule has 1 unspecified atom stereocenters. The van der Waals surface area contributed by atoms with Crippen molar-refractivity contribution in [2.24, 2.45) is 5.92 Å². The number of benzene rings is 2. The Morgan fingerprint density at radius 2 is 1.46 bits per heavy atom. The molecule has 28 heavy (non-hydrogen) atoms. The van der Waals surface area contributed by atoms with E-state index in [0.717, 1.165) is 11.6 Å². The number of esters is 1. The molecule has 2 aromatic rings. The van der Waals surface area contributed by atoms with Crippen molar-refractivity contribution in [1.82, 2.24) is 0 Å². The van der Waals surface area contributed by atoms with Crippen LogP contribution in [0.4, 0.5) is 0 Å². The summed E-state index contributed by atoms with van der Waals surface area (Å²) >= 11 is 0. The molecule has 1 aliphatic carbocycles. The Morgan fingerprint density at radius 3 is 1.93 bits per heavy atom. The Hall–Kier alpha value is -2.93. The molecule has 0 saturated heterocycles. The molecule has 6 nitrogen and oxygen atoms in total. The fraction of sp³-hybridized carbons (Fsp3) is 0.286. The summed E-state index contributed by atoms with van der Waals surface area (Å²) < 4.78 is 30.9. The van der Waals surface area contributed by atoms with Gasteiger partial charge in [-0.2, -0.15) is 0 Å². The van der Waals surface area contributed by atoms with Crippen molar-refractivity contribution in [2.45, 2.75) is 26.2 Å². The molecule has 0 N–H and O–H groups in total. The molecule has 0 radical (unpaired) electrons. The van der Waals surface area contributed by atoms with E-state index in [1.165, 1.54) is 0 Å². The molecule has 5 rings (SSSR count). The van der Waals surface area contributed by atoms with E-state index in [1.807, 2.05) is 61.5 Å². The summed E-state index contributed by atoms with van der Waals surface area (Å²) in [5.74, 6) is 1.87. The Balaban J connectivity index is 1.58. The van der Waals surface area contributed by atoms with E-state index in [-0.39, 0.29) is 11.9 Å². The van der Waals surface area contributed by atoms with Crippen LogP contribution in [0.25, 0.3) is 0 Å². The third-order valence-electron chi connectivity index (χ3n) is 5.36. The summed E-state index contributed by atoms with van der Waals surface area (Å²) in [4.78, 5) is 12.4. The molecule has 0 bridgehead atoms. The summed E-state index contributed by atoms with van der Waals surface area (Å²) in [6, 6.07) is 14.9. The second-order valence-corrected chi connectivity index (χ2v) is 10.4. The van der Waals surface area contributed by atoms with Crippen LogP contribution in [0.3, 0.4) is 0 Å². The van der Waals surface area contributed by atoms with E-state index in [0.29, 0.717) is 42.4 Å². The summed E-state index contributed by atoms with van der Waals surface area (Å²) in [6.45, 7) is 2.17. The number of rotatable bonds is 3. The predicted octanol–water partition coefficient (Wildman–Crippen LogP) is 4.15. The van der Waals surface area contributed by atoms with Gasteiger partial charge in [0.2, 0.25) is 0 Å². The molecule has 0 aromatic heterocycles. The van der Waals surface area contributed by atoms with Crippen LogP contribution in [-0.4, -0.2) is 20.9 Å². The van der Waals surface area contributed by atoms with Gasteiger partial charge in [-0.25, -0.2) is 0 Å². The first-order chi connectivity index (χ1) is 13.6. The fourth-order valence-electron chi connectivity index (χ4n) is 4.09. The molecule has 2 aromatic carbocycles. The molecular formula is C21H21O6Si-. The van der Waals surface area contributed by atoms with Gasteiger partial charge >= 0.3 is 163 Å². The van der Waals surface area contributed by atoms with Crippen molar-refractivity contribution in [3.8, 4) is 23.0 Å². The SMILES string of the molecule is CCOC(=O)C1CCC=C([Si-]23(Oc4ccccc4O2)Oc2ccccc2O3)C1. The minimum absolute atomic E-state index is 0.206. The maximum absolute atomic E-state index is 12.4. The summed E-state index contributed by atoms with van der Waals surface area (Å²) in [5, 5.41) is 0.775. The Kier molecular flexibility index (Phi) is 3.70. The summed E-state index contributed by atoms with van der Waals surface area (Å²) in [6.07, 6.45) is 3.89. The van der Waals surface area contributed by atoms with Gasteiger partial charge in [-0.3, -0.25) is 0 Å². The van der Waals surface area contributed by atoms with Gasteiger partial charge in [-0.05, 0) is 0 Å². The predicted molar refractivity (Wildman–Crippen MR) is 103 cm³/mol. The molecule has 3 aliphatic rings. The van der Waals surface area contributed by atoms with Gasteiger partial charge in [0, 0.05) is 0 Å². The number of ether oxygens (including phenoxy) is 1. The van der Waals surface area contributed by atoms with Crippen molar-refractivity contribution < 1.29 is 27.2 Å². The van der Waals surface area contributed by atoms with Gasteiger partial charge in [0.1, 0.15) is 0 Å². The third-order valence-corrected chi connectivity index (χ3v) is 9.10. The number of hydrogen-bond donors (Lipinski definition) is 0. The molecule has 2 aliphatic heterocycles. The molecule has 0 amide bonds. The normalized spacial score (nSPS) is 24.1. The topological polar surface area (TPSA) is 63.2 Å². The van der Waals surface area contributed by atoms with Gasteiger partial charge in [0.05, 0.1) is 0 Å². The first-order valence-electron chi connectivity index (χ1n) is 9.60. The first-order valence-corrected chi connectivity index (χ1v) is 11.7. The van der Waals surface area contributed by atoms with E-state index >= 15 is 0 Å². The molecule has 1 spiro atoms. The van der Waals surface area contributed by atoms with Crippen LogP contribution < -0.4 is 17.7 Å². The average molecular weight is 397 g/mol. The maximum atomic E-state index is 12.4. The van der Waals surface area contributed by atoms with Crippen molar-refractivity contribution in [3.63, 3.8) is 0 Å². The van der Waals surface area contributed by atoms with E-state index < -0.39 is 8.33 Å². The van der Waals surface area contributed by atoms with Crippen molar-refractivity contribution in [1.29, 1.82) is 0 Å². The van der Waals surface area contributed by atoms with Gasteiger partial charge < -0.3 is 0 Å². The molecular weight excluding hydrogens is 376 g/mol. The van der Waals surface area contributed by atoms with Crippen molar-refractivity contribution in [2.75, 3.05) is 6.61 Å². The average Bonchev–Trinajstić information content (AvgIpc) is 3.23. The van der Waals surface area contributed by atoms with Crippen LogP contribution in [-0.2, 0) is 9.53 Å². The zero-order valence-electron chi connectivity index (χ0n) is 15.6. The molecule has 0 fully saturated rings. The van der Waals surface area contributed by atoms with E-state index in [1.54, 1.807) is 0 Å². The van der Waals surface area contributed by atoms with E-state index in [9.17, 15) is 4.79 Å². The van der Waals surface area contributed by atoms with Crippen molar-refractivity contribution in [3.05, 3.63) is 59.8 Å². The zero-order valence-corrected chi connectivity index (χ0v) is 16.6. The summed E-state index contributed by atoms with van der Waals surface area (Å²) in [5.41, 5.74) is 0. The van der Waals surface area contributed by atoms with Gasteiger partial charge in [-0.1, -0.05) is 0 Å². The molecule has 1 atom stereocenters. The second-order valence-electron chi connectivity index (χ2n) is 7.17. The number of carbonyl (C=O) groups excluding carboxylic acids is 1. The van der Waals surface area contributed by atoms with Gasteiger partial charge in [0.25, 0.3) is 0 Å². The van der Waals surface area contributed by atoms with E-state index in [4.69, 9.17) is 22.4 Å². The fourth-order valence-corrected chi connectivity index (χ4v) is 8.11. The van der Waals surface area contributed by atoms with Crippen molar-refractivity contribution >= 4 is 14.3 Å². The van der Waals surface area contributed by atoms with Gasteiger partial charge in [-0.15, -0.1) is 0 Å². The molecule has 7 heteroatoms. The molecule has 0 saturated carbocycles. The van der Waals surface area contributed by atoms with Gasteiger partial charge in [0.15, 0.2) is 0 Å². The zero-order chi connectivity index (χ0) is 19.2. The Labute approximate surface area is 163 Å². The number of allylic oxidation sites excluding steroid dienone is 2. The molecule has 2 heterocycles. The minimum atomic E-state index is -4.51. The third kappa shape index (κ3) is 2.42. The van der Waals surface area contributed by atoms with Crippen LogP contribution in [0.1, 0.15) is 26.2 Å². The number of hydrogen-bond acceptors (Lipinski definition) is 6. The quantitative estimate of drug-likeness (QED) is 0.573. The second kappa shape index (κ2) is 6.03. The number of carbonyl (C=O) groups is 1. The van der Waals surface area contributed by atoms with Crippen LogP contribution in [0.2, 0.25) is 0 Å². The van der Waals surface area contributed by atoms with Crippen LogP contribution in [0.5, 0.6) is 23.0 Å². The Bertz CT molecular complexity index is 871. The monoisotopic (exact) mass is 397 g/mol. The van der Waals surface area contributed by atoms with Crippen LogP contribution in [0, 0.1) is 5.92 Å². The number of fused-ring (bicyclic) bond motifs is 2. The van der Waals surface area contributed by atoms with Crippen LogP contribution in [0.15, 0.2) is 59.8 Å². The summed E-state index contributed by atoms with van der Waals surface area (Å²) in [7, 11) is -4.51. The first kappa shape index (κ1) is 17.2. The number of para-hydroxylation sites is 4. The molecule has 146 valence electrons. The standard InChI is InChI=1S/C21H21O6Si/c1-2-23-21(22)15-8-7-9-16(14-15)28(24-17-10-3-4-11-18(17)25-28)26-19-12-5-6-13-20(19)27-28/h3-6,9-13,15H,2,7-8,14H2,1H3/q-1.